The summed E-state index contributed by atoms with van der Waals surface area (Å²) in [6.07, 6.45) is -0.0158. The maximum Gasteiger partial charge on any atom is 0.247 e. The molecule has 0 saturated heterocycles. The highest BCUT2D eigenvalue weighted by Gasteiger charge is 2.61. The van der Waals surface area contributed by atoms with Gasteiger partial charge in [-0.15, -0.1) is 0 Å². The van der Waals surface area contributed by atoms with Crippen LogP contribution in [0.3, 0.4) is 0 Å². The zero-order valence-electron chi connectivity index (χ0n) is 9.17. The van der Waals surface area contributed by atoms with E-state index in [9.17, 15) is 4.57 Å². The molecule has 1 atom stereocenters. The quantitative estimate of drug-likeness (QED) is 0.384. The van der Waals surface area contributed by atoms with Crippen molar-refractivity contribution in [2.24, 2.45) is 0 Å². The van der Waals surface area contributed by atoms with Crippen molar-refractivity contribution in [3.05, 3.63) is 35.9 Å². The summed E-state index contributed by atoms with van der Waals surface area (Å²) in [6, 6.07) is 8.87. The first-order chi connectivity index (χ1) is 8.52. The third-order valence-corrected chi connectivity index (χ3v) is 10.5. The molecule has 0 fully saturated rings. The second-order valence-electron chi connectivity index (χ2n) is 3.73. The molecule has 0 aromatic heterocycles. The zero-order valence-corrected chi connectivity index (χ0v) is 15.4. The molecule has 1 aromatic rings. The third kappa shape index (κ3) is 4.02. The second-order valence-corrected chi connectivity index (χ2v) is 13.8. The Morgan fingerprint density at radius 2 is 1.47 bits per heavy atom. The van der Waals surface area contributed by atoms with Crippen LogP contribution < -0.4 is 0 Å². The maximum absolute atomic E-state index is 12.8. The summed E-state index contributed by atoms with van der Waals surface area (Å²) in [5.41, 5.74) is 0.718. The molecule has 0 aliphatic carbocycles. The minimum absolute atomic E-state index is 0.0158. The summed E-state index contributed by atoms with van der Waals surface area (Å²) in [7, 11) is -3.99. The predicted molar refractivity (Wildman–Crippen MR) is 88.0 cm³/mol. The van der Waals surface area contributed by atoms with Gasteiger partial charge in [0.25, 0.3) is 0 Å². The number of hydrogen-bond acceptors (Lipinski definition) is 1. The average molecular weight is 423 g/mol. The molecule has 19 heavy (non-hydrogen) atoms. The van der Waals surface area contributed by atoms with Gasteiger partial charge >= 0.3 is 0 Å². The molecule has 0 aliphatic heterocycles. The molecule has 1 aromatic carbocycles. The number of alkyl halides is 7. The molecule has 0 N–H and O–H groups in total. The van der Waals surface area contributed by atoms with Gasteiger partial charge in [0, 0.05) is 6.42 Å². The molecular formula is C10H8Cl7OP. The highest BCUT2D eigenvalue weighted by molar-refractivity contribution is 7.79. The number of hydrogen-bond donors (Lipinski definition) is 0. The number of halogens is 7. The van der Waals surface area contributed by atoms with Crippen LogP contribution in [0.5, 0.6) is 0 Å². The van der Waals surface area contributed by atoms with Gasteiger partial charge in [-0.2, -0.15) is 0 Å². The van der Waals surface area contributed by atoms with Crippen LogP contribution in [0.2, 0.25) is 0 Å². The molecular weight excluding hydrogens is 415 g/mol. The minimum atomic E-state index is -3.99. The summed E-state index contributed by atoms with van der Waals surface area (Å²) < 4.78 is 7.18. The first-order valence-electron chi connectivity index (χ1n) is 4.89. The monoisotopic (exact) mass is 420 g/mol. The highest BCUT2D eigenvalue weighted by atomic mass is 35.6. The lowest BCUT2D eigenvalue weighted by Crippen LogP contribution is -2.28. The van der Waals surface area contributed by atoms with Crippen molar-refractivity contribution in [3.63, 3.8) is 0 Å². The van der Waals surface area contributed by atoms with Crippen molar-refractivity contribution in [2.45, 2.75) is 18.6 Å². The molecule has 108 valence electrons. The van der Waals surface area contributed by atoms with E-state index in [4.69, 9.17) is 81.2 Å². The third-order valence-electron chi connectivity index (χ3n) is 2.40. The lowest BCUT2D eigenvalue weighted by molar-refractivity contribution is 0.570. The molecule has 0 spiro atoms. The fourth-order valence-corrected chi connectivity index (χ4v) is 10.7. The van der Waals surface area contributed by atoms with Gasteiger partial charge in [0.2, 0.25) is 10.7 Å². The van der Waals surface area contributed by atoms with Crippen LogP contribution in [-0.2, 0) is 11.0 Å². The first-order valence-corrected chi connectivity index (χ1v) is 9.43. The highest BCUT2D eigenvalue weighted by Crippen LogP contribution is 2.79. The van der Waals surface area contributed by atoms with E-state index < -0.39 is 19.3 Å². The molecule has 0 bridgehead atoms. The minimum Gasteiger partial charge on any atom is -0.313 e. The van der Waals surface area contributed by atoms with Gasteiger partial charge in [0.05, 0.1) is 0 Å². The summed E-state index contributed by atoms with van der Waals surface area (Å²) in [5, 5.41) is 0. The van der Waals surface area contributed by atoms with Crippen molar-refractivity contribution in [1.82, 2.24) is 0 Å². The van der Waals surface area contributed by atoms with Crippen LogP contribution in [-0.4, -0.2) is 12.2 Å². The van der Waals surface area contributed by atoms with Gasteiger partial charge in [-0.25, -0.2) is 0 Å². The number of benzene rings is 1. The van der Waals surface area contributed by atoms with E-state index in [0.29, 0.717) is 0 Å². The smallest absolute Gasteiger partial charge is 0.247 e. The van der Waals surface area contributed by atoms with Crippen LogP contribution >= 0.6 is 88.3 Å². The van der Waals surface area contributed by atoms with Gasteiger partial charge in [0.1, 0.15) is 0 Å². The van der Waals surface area contributed by atoms with E-state index in [1.54, 1.807) is 24.3 Å². The maximum atomic E-state index is 12.8. The van der Waals surface area contributed by atoms with E-state index in [-0.39, 0.29) is 6.42 Å². The first kappa shape index (κ1) is 18.5. The summed E-state index contributed by atoms with van der Waals surface area (Å²) >= 11 is 40.8. The standard InChI is InChI=1S/C10H8Cl7OP/c11-8(12)19(18,10(15,16)17)9(13,14)6-7-4-2-1-3-5-7/h1-5,8H,6H2. The largest absolute Gasteiger partial charge is 0.313 e. The molecule has 0 radical (unpaired) electrons. The van der Waals surface area contributed by atoms with Gasteiger partial charge in [-0.05, 0) is 5.56 Å². The number of rotatable bonds is 4. The van der Waals surface area contributed by atoms with Crippen molar-refractivity contribution in [1.29, 1.82) is 0 Å². The average Bonchev–Trinajstić information content (AvgIpc) is 2.26. The Morgan fingerprint density at radius 1 is 1.00 bits per heavy atom. The SMILES string of the molecule is O=P(C(Cl)Cl)(C(Cl)(Cl)Cl)C(Cl)(Cl)Cc1ccccc1. The molecule has 1 nitrogen and oxygen atoms in total. The lowest BCUT2D eigenvalue weighted by Gasteiger charge is -2.35. The van der Waals surface area contributed by atoms with Gasteiger partial charge in [-0.1, -0.05) is 112 Å². The van der Waals surface area contributed by atoms with Crippen LogP contribution in [0.15, 0.2) is 30.3 Å². The Bertz CT molecular complexity index is 469. The second kappa shape index (κ2) is 6.71. The van der Waals surface area contributed by atoms with Crippen molar-refractivity contribution in [2.75, 3.05) is 0 Å². The Balaban J connectivity index is 3.19. The fourth-order valence-electron chi connectivity index (χ4n) is 1.40. The molecule has 0 aliphatic rings. The Labute approximate surface area is 146 Å². The van der Waals surface area contributed by atoms with Gasteiger partial charge in [0.15, 0.2) is 8.65 Å². The van der Waals surface area contributed by atoms with E-state index in [0.717, 1.165) is 5.56 Å². The summed E-state index contributed by atoms with van der Waals surface area (Å²) in [5.74, 6) is 0. The molecule has 0 heterocycles. The van der Waals surface area contributed by atoms with Crippen LogP contribution in [0, 0.1) is 0 Å². The van der Waals surface area contributed by atoms with Crippen LogP contribution in [0.4, 0.5) is 0 Å². The van der Waals surface area contributed by atoms with E-state index >= 15 is 0 Å². The van der Waals surface area contributed by atoms with Crippen LogP contribution in [0.1, 0.15) is 5.56 Å². The van der Waals surface area contributed by atoms with E-state index in [1.165, 1.54) is 0 Å². The normalized spacial score (nSPS) is 16.4. The summed E-state index contributed by atoms with van der Waals surface area (Å²) in [6.45, 7) is 0. The topological polar surface area (TPSA) is 17.1 Å². The predicted octanol–water partition coefficient (Wildman–Crippen LogP) is 6.81. The fraction of sp³-hybridized carbons (Fsp3) is 0.400. The van der Waals surface area contributed by atoms with Gasteiger partial charge < -0.3 is 4.57 Å². The van der Waals surface area contributed by atoms with Crippen molar-refractivity contribution < 1.29 is 4.57 Å². The molecule has 1 unspecified atom stereocenters. The lowest BCUT2D eigenvalue weighted by atomic mass is 10.2. The summed E-state index contributed by atoms with van der Waals surface area (Å²) in [4.78, 5) is 0. The molecule has 0 amide bonds. The Kier molecular flexibility index (Phi) is 6.55. The Hall–Kier alpha value is 1.48. The molecule has 0 saturated carbocycles. The molecule has 1 rings (SSSR count). The van der Waals surface area contributed by atoms with E-state index in [1.807, 2.05) is 6.07 Å². The molecule has 9 heteroatoms. The zero-order chi connectivity index (χ0) is 14.9. The van der Waals surface area contributed by atoms with Crippen molar-refractivity contribution >= 4 is 88.3 Å². The van der Waals surface area contributed by atoms with Crippen LogP contribution in [0.25, 0.3) is 0 Å². The Morgan fingerprint density at radius 3 is 1.84 bits per heavy atom. The van der Waals surface area contributed by atoms with Crippen molar-refractivity contribution in [3.8, 4) is 0 Å². The van der Waals surface area contributed by atoms with Gasteiger partial charge in [-0.3, -0.25) is 0 Å². The van der Waals surface area contributed by atoms with E-state index in [2.05, 4.69) is 0 Å².